The van der Waals surface area contributed by atoms with Crippen molar-refractivity contribution in [3.63, 3.8) is 0 Å². The second-order valence-corrected chi connectivity index (χ2v) is 9.80. The number of fused-ring (bicyclic) bond motifs is 1. The Bertz CT molecular complexity index is 1530. The molecule has 1 atom stereocenters. The molecule has 0 aliphatic carbocycles. The van der Waals surface area contributed by atoms with Crippen LogP contribution in [0.1, 0.15) is 24.1 Å². The number of hydrogen-bond donors (Lipinski definition) is 1. The molecule has 2 aliphatic rings. The lowest BCUT2D eigenvalue weighted by atomic mass is 9.92. The zero-order valence-electron chi connectivity index (χ0n) is 20.3. The number of hydrogen-bond acceptors (Lipinski definition) is 4. The van der Waals surface area contributed by atoms with Crippen molar-refractivity contribution in [2.24, 2.45) is 4.99 Å². The largest absolute Gasteiger partial charge is 0.322 e. The minimum absolute atomic E-state index is 0.143. The van der Waals surface area contributed by atoms with Crippen LogP contribution in [0.4, 0.5) is 5.69 Å². The van der Waals surface area contributed by atoms with Crippen molar-refractivity contribution in [1.82, 2.24) is 4.90 Å². The van der Waals surface area contributed by atoms with Crippen molar-refractivity contribution in [3.05, 3.63) is 143 Å². The number of amidine groups is 1. The van der Waals surface area contributed by atoms with Crippen molar-refractivity contribution in [3.8, 4) is 11.1 Å². The van der Waals surface area contributed by atoms with E-state index in [0.29, 0.717) is 5.57 Å². The van der Waals surface area contributed by atoms with Gasteiger partial charge in [0.1, 0.15) is 0 Å². The first-order valence-corrected chi connectivity index (χ1v) is 13.1. The smallest absolute Gasteiger partial charge is 0.255 e. The van der Waals surface area contributed by atoms with Gasteiger partial charge >= 0.3 is 0 Å². The summed E-state index contributed by atoms with van der Waals surface area (Å²) >= 11 is 1.60. The molecule has 180 valence electrons. The van der Waals surface area contributed by atoms with Crippen LogP contribution in [0.3, 0.4) is 0 Å². The fourth-order valence-electron chi connectivity index (χ4n) is 4.82. The van der Waals surface area contributed by atoms with Gasteiger partial charge in [0, 0.05) is 11.1 Å². The number of aliphatic imine (C=N–C) groups is 1. The molecule has 0 aromatic heterocycles. The van der Waals surface area contributed by atoms with Gasteiger partial charge in [-0.25, -0.2) is 4.99 Å². The molecule has 1 amide bonds. The normalized spacial score (nSPS) is 16.7. The Kier molecular flexibility index (Phi) is 6.21. The fraction of sp³-hybridized carbons (Fsp3) is 0.0625. The maximum atomic E-state index is 13.7. The molecular formula is C32H25N3OS. The van der Waals surface area contributed by atoms with Crippen LogP contribution in [0.2, 0.25) is 0 Å². The molecular weight excluding hydrogens is 474 g/mol. The van der Waals surface area contributed by atoms with E-state index in [4.69, 9.17) is 4.99 Å². The quantitative estimate of drug-likeness (QED) is 0.306. The molecule has 0 saturated heterocycles. The first-order valence-electron chi connectivity index (χ1n) is 12.2. The summed E-state index contributed by atoms with van der Waals surface area (Å²) in [5, 5.41) is 6.10. The second kappa shape index (κ2) is 9.96. The summed E-state index contributed by atoms with van der Waals surface area (Å²) in [6, 6.07) is 38.4. The van der Waals surface area contributed by atoms with Gasteiger partial charge in [0.05, 0.1) is 23.0 Å². The van der Waals surface area contributed by atoms with Gasteiger partial charge in [0.15, 0.2) is 5.17 Å². The van der Waals surface area contributed by atoms with E-state index in [9.17, 15) is 4.79 Å². The molecule has 0 bridgehead atoms. The third kappa shape index (κ3) is 4.50. The minimum Gasteiger partial charge on any atom is -0.322 e. The predicted octanol–water partition coefficient (Wildman–Crippen LogP) is 7.72. The minimum atomic E-state index is -0.299. The Morgan fingerprint density at radius 2 is 1.32 bits per heavy atom. The molecule has 0 fully saturated rings. The first-order chi connectivity index (χ1) is 18.2. The molecule has 4 nitrogen and oxygen atoms in total. The Morgan fingerprint density at radius 3 is 2.00 bits per heavy atom. The predicted molar refractivity (Wildman–Crippen MR) is 154 cm³/mol. The molecule has 0 spiro atoms. The number of anilines is 1. The molecule has 6 rings (SSSR count). The average molecular weight is 500 g/mol. The molecule has 0 saturated carbocycles. The lowest BCUT2D eigenvalue weighted by Gasteiger charge is -2.36. The standard InChI is InChI=1S/C32H25N3OS/c1-22-29(31(36)34-27-15-9-4-10-16-27)30(26-13-7-3-8-14-26)35-28(21-37-32(35)33-22)25-19-17-24(18-20-25)23-11-5-2-6-12-23/h2-21,30H,1H3,(H,34,36)/t30-/m1/s1. The van der Waals surface area contributed by atoms with Crippen molar-refractivity contribution < 1.29 is 4.79 Å². The highest BCUT2D eigenvalue weighted by Crippen LogP contribution is 2.47. The summed E-state index contributed by atoms with van der Waals surface area (Å²) in [5.41, 5.74) is 7.66. The zero-order valence-corrected chi connectivity index (χ0v) is 21.2. The summed E-state index contributed by atoms with van der Waals surface area (Å²) in [6.07, 6.45) is 0. The number of rotatable bonds is 5. The molecule has 5 heteroatoms. The van der Waals surface area contributed by atoms with Crippen LogP contribution in [-0.4, -0.2) is 16.0 Å². The lowest BCUT2D eigenvalue weighted by Crippen LogP contribution is -2.37. The van der Waals surface area contributed by atoms with Crippen molar-refractivity contribution in [2.45, 2.75) is 13.0 Å². The first kappa shape index (κ1) is 23.1. The van der Waals surface area contributed by atoms with Gasteiger partial charge in [-0.1, -0.05) is 115 Å². The number of thioether (sulfide) groups is 1. The summed E-state index contributed by atoms with van der Waals surface area (Å²) < 4.78 is 0. The number of nitrogens with zero attached hydrogens (tertiary/aromatic N) is 2. The number of amides is 1. The van der Waals surface area contributed by atoms with E-state index in [1.807, 2.05) is 61.5 Å². The summed E-state index contributed by atoms with van der Waals surface area (Å²) in [5.74, 6) is -0.143. The average Bonchev–Trinajstić information content (AvgIpc) is 3.37. The molecule has 2 heterocycles. The summed E-state index contributed by atoms with van der Waals surface area (Å²) in [4.78, 5) is 20.8. The Morgan fingerprint density at radius 1 is 0.757 bits per heavy atom. The third-order valence-corrected chi connectivity index (χ3v) is 7.45. The molecule has 2 aliphatic heterocycles. The number of carbonyl (C=O) groups excluding carboxylic acids is 1. The molecule has 1 N–H and O–H groups in total. The third-order valence-electron chi connectivity index (χ3n) is 6.61. The number of carbonyl (C=O) groups is 1. The summed E-state index contributed by atoms with van der Waals surface area (Å²) in [6.45, 7) is 1.92. The highest BCUT2D eigenvalue weighted by molar-refractivity contribution is 8.16. The van der Waals surface area contributed by atoms with Gasteiger partial charge in [-0.15, -0.1) is 0 Å². The van der Waals surface area contributed by atoms with Crippen LogP contribution in [0.15, 0.2) is 137 Å². The van der Waals surface area contributed by atoms with Crippen LogP contribution in [0.5, 0.6) is 0 Å². The zero-order chi connectivity index (χ0) is 25.2. The number of para-hydroxylation sites is 1. The van der Waals surface area contributed by atoms with E-state index in [1.54, 1.807) is 11.8 Å². The van der Waals surface area contributed by atoms with E-state index < -0.39 is 0 Å². The molecule has 0 unspecified atom stereocenters. The molecule has 37 heavy (non-hydrogen) atoms. The van der Waals surface area contributed by atoms with Crippen LogP contribution in [0, 0.1) is 0 Å². The van der Waals surface area contributed by atoms with Gasteiger partial charge in [-0.3, -0.25) is 4.79 Å². The van der Waals surface area contributed by atoms with Gasteiger partial charge in [0.2, 0.25) is 0 Å². The number of nitrogens with one attached hydrogen (secondary N) is 1. The summed E-state index contributed by atoms with van der Waals surface area (Å²) in [7, 11) is 0. The van der Waals surface area contributed by atoms with Gasteiger partial charge in [-0.2, -0.15) is 0 Å². The Labute approximate surface area is 221 Å². The van der Waals surface area contributed by atoms with Gasteiger partial charge in [0.25, 0.3) is 5.91 Å². The maximum absolute atomic E-state index is 13.7. The van der Waals surface area contributed by atoms with Crippen molar-refractivity contribution in [2.75, 3.05) is 5.32 Å². The monoisotopic (exact) mass is 499 g/mol. The van der Waals surface area contributed by atoms with Crippen LogP contribution in [-0.2, 0) is 4.79 Å². The van der Waals surface area contributed by atoms with E-state index in [1.165, 1.54) is 11.1 Å². The number of allylic oxidation sites excluding steroid dienone is 1. The SMILES string of the molecule is CC1=C(C(=O)Nc2ccccc2)[C@@H](c2ccccc2)N2C(c3ccc(-c4ccccc4)cc3)=CSC2=N1. The van der Waals surface area contributed by atoms with E-state index in [-0.39, 0.29) is 11.9 Å². The van der Waals surface area contributed by atoms with E-state index in [0.717, 1.165) is 33.4 Å². The number of benzene rings is 4. The molecule has 0 radical (unpaired) electrons. The van der Waals surface area contributed by atoms with Gasteiger partial charge in [-0.05, 0) is 41.3 Å². The Balaban J connectivity index is 1.39. The van der Waals surface area contributed by atoms with Crippen molar-refractivity contribution in [1.29, 1.82) is 0 Å². The lowest BCUT2D eigenvalue weighted by molar-refractivity contribution is -0.113. The Hall–Kier alpha value is -4.35. The highest BCUT2D eigenvalue weighted by Gasteiger charge is 2.40. The van der Waals surface area contributed by atoms with Gasteiger partial charge < -0.3 is 10.2 Å². The second-order valence-electron chi connectivity index (χ2n) is 8.96. The topological polar surface area (TPSA) is 44.7 Å². The van der Waals surface area contributed by atoms with Crippen LogP contribution in [0.25, 0.3) is 16.8 Å². The maximum Gasteiger partial charge on any atom is 0.255 e. The molecule has 4 aromatic rings. The van der Waals surface area contributed by atoms with E-state index >= 15 is 0 Å². The van der Waals surface area contributed by atoms with Crippen LogP contribution < -0.4 is 5.32 Å². The molecule has 4 aromatic carbocycles. The highest BCUT2D eigenvalue weighted by atomic mass is 32.2. The van der Waals surface area contributed by atoms with Crippen molar-refractivity contribution >= 4 is 34.2 Å². The van der Waals surface area contributed by atoms with E-state index in [2.05, 4.69) is 76.3 Å². The van der Waals surface area contributed by atoms with Crippen LogP contribution >= 0.6 is 11.8 Å². The fourth-order valence-corrected chi connectivity index (χ4v) is 5.79.